The minimum absolute atomic E-state index is 0.0764. The Kier molecular flexibility index (Phi) is 4.53. The first-order chi connectivity index (χ1) is 8.10. The van der Waals surface area contributed by atoms with E-state index in [4.69, 9.17) is 10.4 Å². The number of hydrogen-bond acceptors (Lipinski definition) is 3. The lowest BCUT2D eigenvalue weighted by molar-refractivity contribution is -0.136. The van der Waals surface area contributed by atoms with E-state index >= 15 is 0 Å². The molecule has 0 spiro atoms. The van der Waals surface area contributed by atoms with Gasteiger partial charge in [0.25, 0.3) is 0 Å². The van der Waals surface area contributed by atoms with Crippen LogP contribution in [0, 0.1) is 18.3 Å². The van der Waals surface area contributed by atoms with E-state index in [1.54, 1.807) is 6.07 Å². The number of anilines is 1. The van der Waals surface area contributed by atoms with Crippen molar-refractivity contribution in [3.05, 3.63) is 29.3 Å². The molecule has 4 nitrogen and oxygen atoms in total. The van der Waals surface area contributed by atoms with Crippen molar-refractivity contribution in [2.75, 3.05) is 18.0 Å². The van der Waals surface area contributed by atoms with Gasteiger partial charge in [-0.15, -0.1) is 0 Å². The quantitative estimate of drug-likeness (QED) is 0.845. The van der Waals surface area contributed by atoms with E-state index in [1.807, 2.05) is 30.9 Å². The molecule has 0 fully saturated rings. The number of hydrogen-bond donors (Lipinski definition) is 1. The monoisotopic (exact) mass is 232 g/mol. The molecule has 4 heteroatoms. The summed E-state index contributed by atoms with van der Waals surface area (Å²) in [4.78, 5) is 12.5. The molecular formula is C13H16N2O2. The van der Waals surface area contributed by atoms with Gasteiger partial charge >= 0.3 is 5.97 Å². The third kappa shape index (κ3) is 3.22. The number of nitriles is 1. The summed E-state index contributed by atoms with van der Waals surface area (Å²) >= 11 is 0. The van der Waals surface area contributed by atoms with Crippen LogP contribution in [-0.2, 0) is 4.79 Å². The number of carbonyl (C=O) groups is 1. The highest BCUT2D eigenvalue weighted by molar-refractivity contribution is 5.69. The van der Waals surface area contributed by atoms with Crippen molar-refractivity contribution in [2.45, 2.75) is 20.3 Å². The first-order valence-electron chi connectivity index (χ1n) is 5.56. The fourth-order valence-corrected chi connectivity index (χ4v) is 1.83. The van der Waals surface area contributed by atoms with Gasteiger partial charge in [-0.25, -0.2) is 0 Å². The van der Waals surface area contributed by atoms with Crippen LogP contribution >= 0.6 is 0 Å². The molecule has 1 aromatic carbocycles. The van der Waals surface area contributed by atoms with Gasteiger partial charge in [0, 0.05) is 13.1 Å². The van der Waals surface area contributed by atoms with Gasteiger partial charge in [0.2, 0.25) is 0 Å². The fourth-order valence-electron chi connectivity index (χ4n) is 1.83. The molecule has 17 heavy (non-hydrogen) atoms. The van der Waals surface area contributed by atoms with Crippen molar-refractivity contribution in [3.8, 4) is 6.07 Å². The van der Waals surface area contributed by atoms with E-state index in [0.717, 1.165) is 11.3 Å². The maximum atomic E-state index is 10.6. The molecule has 0 aromatic heterocycles. The van der Waals surface area contributed by atoms with E-state index in [9.17, 15) is 4.79 Å². The van der Waals surface area contributed by atoms with E-state index < -0.39 is 5.97 Å². The van der Waals surface area contributed by atoms with Crippen molar-refractivity contribution in [1.82, 2.24) is 0 Å². The second kappa shape index (κ2) is 5.90. The Balaban J connectivity index is 3.03. The first-order valence-corrected chi connectivity index (χ1v) is 5.56. The zero-order chi connectivity index (χ0) is 12.8. The highest BCUT2D eigenvalue weighted by Gasteiger charge is 2.13. The van der Waals surface area contributed by atoms with E-state index in [0.29, 0.717) is 18.7 Å². The van der Waals surface area contributed by atoms with Gasteiger partial charge in [0.05, 0.1) is 17.7 Å². The van der Waals surface area contributed by atoms with E-state index in [1.165, 1.54) is 0 Å². The van der Waals surface area contributed by atoms with Gasteiger partial charge < -0.3 is 10.0 Å². The standard InChI is InChI=1S/C13H16N2O2/c1-3-15(8-7-12(16)17)13-10(2)5-4-6-11(13)9-14/h4-6H,3,7-8H2,1-2H3,(H,16,17). The zero-order valence-electron chi connectivity index (χ0n) is 10.1. The Bertz CT molecular complexity index is 449. The summed E-state index contributed by atoms with van der Waals surface area (Å²) in [6.07, 6.45) is 0.0764. The first kappa shape index (κ1) is 13.0. The van der Waals surface area contributed by atoms with Crippen molar-refractivity contribution in [2.24, 2.45) is 0 Å². The average Bonchev–Trinajstić information content (AvgIpc) is 2.31. The maximum absolute atomic E-state index is 10.6. The van der Waals surface area contributed by atoms with Gasteiger partial charge in [-0.1, -0.05) is 12.1 Å². The molecule has 0 atom stereocenters. The van der Waals surface area contributed by atoms with Crippen LogP contribution in [0.4, 0.5) is 5.69 Å². The van der Waals surface area contributed by atoms with Crippen LogP contribution in [-0.4, -0.2) is 24.2 Å². The molecule has 0 bridgehead atoms. The summed E-state index contributed by atoms with van der Waals surface area (Å²) in [5, 5.41) is 17.8. The normalized spacial score (nSPS) is 9.71. The number of carboxylic acids is 1. The van der Waals surface area contributed by atoms with E-state index in [-0.39, 0.29) is 6.42 Å². The van der Waals surface area contributed by atoms with Crippen molar-refractivity contribution >= 4 is 11.7 Å². The second-order valence-electron chi connectivity index (χ2n) is 3.81. The molecular weight excluding hydrogens is 216 g/mol. The smallest absolute Gasteiger partial charge is 0.305 e. The predicted octanol–water partition coefficient (Wildman–Crippen LogP) is 2.17. The summed E-state index contributed by atoms with van der Waals surface area (Å²) in [6, 6.07) is 7.67. The number of carboxylic acid groups (broad SMARTS) is 1. The van der Waals surface area contributed by atoms with Gasteiger partial charge in [0.1, 0.15) is 6.07 Å². The molecule has 0 saturated carbocycles. The third-order valence-corrected chi connectivity index (χ3v) is 2.65. The topological polar surface area (TPSA) is 64.3 Å². The minimum atomic E-state index is -0.824. The molecule has 0 unspecified atom stereocenters. The number of aryl methyl sites for hydroxylation is 1. The summed E-state index contributed by atoms with van der Waals surface area (Å²) in [7, 11) is 0. The van der Waals surface area contributed by atoms with Crippen molar-refractivity contribution < 1.29 is 9.90 Å². The molecule has 1 N–H and O–H groups in total. The molecule has 0 aliphatic heterocycles. The molecule has 0 aliphatic rings. The number of aliphatic carboxylic acids is 1. The summed E-state index contributed by atoms with van der Waals surface area (Å²) in [5.74, 6) is -0.824. The number of rotatable bonds is 5. The lowest BCUT2D eigenvalue weighted by Crippen LogP contribution is -2.27. The van der Waals surface area contributed by atoms with E-state index in [2.05, 4.69) is 6.07 Å². The fraction of sp³-hybridized carbons (Fsp3) is 0.385. The van der Waals surface area contributed by atoms with Gasteiger partial charge in [-0.3, -0.25) is 4.79 Å². The number of para-hydroxylation sites is 1. The largest absolute Gasteiger partial charge is 0.481 e. The Morgan fingerprint density at radius 1 is 1.53 bits per heavy atom. The van der Waals surface area contributed by atoms with Crippen LogP contribution in [0.15, 0.2) is 18.2 Å². The van der Waals surface area contributed by atoms with Crippen molar-refractivity contribution in [1.29, 1.82) is 5.26 Å². The van der Waals surface area contributed by atoms with Gasteiger partial charge in [-0.05, 0) is 25.5 Å². The molecule has 90 valence electrons. The average molecular weight is 232 g/mol. The van der Waals surface area contributed by atoms with Crippen LogP contribution < -0.4 is 4.90 Å². The molecule has 0 radical (unpaired) electrons. The molecule has 0 amide bonds. The Labute approximate surface area is 101 Å². The lowest BCUT2D eigenvalue weighted by atomic mass is 10.1. The van der Waals surface area contributed by atoms with Gasteiger partial charge in [0.15, 0.2) is 0 Å². The van der Waals surface area contributed by atoms with Crippen LogP contribution in [0.3, 0.4) is 0 Å². The highest BCUT2D eigenvalue weighted by atomic mass is 16.4. The number of benzene rings is 1. The van der Waals surface area contributed by atoms with Crippen LogP contribution in [0.1, 0.15) is 24.5 Å². The maximum Gasteiger partial charge on any atom is 0.305 e. The number of nitrogens with zero attached hydrogens (tertiary/aromatic N) is 2. The van der Waals surface area contributed by atoms with Gasteiger partial charge in [-0.2, -0.15) is 5.26 Å². The van der Waals surface area contributed by atoms with Crippen molar-refractivity contribution in [3.63, 3.8) is 0 Å². The second-order valence-corrected chi connectivity index (χ2v) is 3.81. The third-order valence-electron chi connectivity index (χ3n) is 2.65. The SMILES string of the molecule is CCN(CCC(=O)O)c1c(C)cccc1C#N. The van der Waals surface area contributed by atoms with Crippen LogP contribution in [0.2, 0.25) is 0 Å². The summed E-state index contributed by atoms with van der Waals surface area (Å²) in [5.41, 5.74) is 2.44. The molecule has 0 saturated heterocycles. The lowest BCUT2D eigenvalue weighted by Gasteiger charge is -2.25. The summed E-state index contributed by atoms with van der Waals surface area (Å²) in [6.45, 7) is 4.99. The minimum Gasteiger partial charge on any atom is -0.481 e. The molecule has 0 heterocycles. The summed E-state index contributed by atoms with van der Waals surface area (Å²) < 4.78 is 0. The molecule has 1 rings (SSSR count). The Morgan fingerprint density at radius 2 is 2.24 bits per heavy atom. The Morgan fingerprint density at radius 3 is 2.76 bits per heavy atom. The zero-order valence-corrected chi connectivity index (χ0v) is 10.1. The molecule has 0 aliphatic carbocycles. The van der Waals surface area contributed by atoms with Crippen LogP contribution in [0.5, 0.6) is 0 Å². The Hall–Kier alpha value is -2.02. The molecule has 1 aromatic rings. The van der Waals surface area contributed by atoms with Crippen LogP contribution in [0.25, 0.3) is 0 Å². The predicted molar refractivity (Wildman–Crippen MR) is 66.0 cm³/mol. The highest BCUT2D eigenvalue weighted by Crippen LogP contribution is 2.24.